The monoisotopic (exact) mass is 389 g/mol. The van der Waals surface area contributed by atoms with Crippen molar-refractivity contribution in [1.29, 1.82) is 0 Å². The fourth-order valence-corrected chi connectivity index (χ4v) is 3.33. The lowest BCUT2D eigenvalue weighted by Crippen LogP contribution is -2.54. The summed E-state index contributed by atoms with van der Waals surface area (Å²) >= 11 is 0. The zero-order chi connectivity index (χ0) is 20.7. The van der Waals surface area contributed by atoms with E-state index in [0.717, 1.165) is 0 Å². The Morgan fingerprint density at radius 2 is 1.75 bits per heavy atom. The maximum atomic E-state index is 12.8. The average molecular weight is 389 g/mol. The van der Waals surface area contributed by atoms with Crippen molar-refractivity contribution in [2.75, 3.05) is 26.7 Å². The second-order valence-electron chi connectivity index (χ2n) is 7.66. The number of benzene rings is 1. The second kappa shape index (κ2) is 10.1. The Morgan fingerprint density at radius 1 is 1.14 bits per heavy atom. The highest BCUT2D eigenvalue weighted by Crippen LogP contribution is 2.22. The Hall–Kier alpha value is -2.57. The number of nitrogens with zero attached hydrogens (tertiary/aromatic N) is 1. The molecule has 1 aliphatic rings. The molecule has 1 aromatic carbocycles. The third-order valence-electron chi connectivity index (χ3n) is 5.06. The smallest absolute Gasteiger partial charge is 0.251 e. The topological polar surface area (TPSA) is 87.7 Å². The molecule has 1 aliphatic heterocycles. The zero-order valence-corrected chi connectivity index (χ0v) is 17.2. The standard InChI is InChI=1S/C21H31N3O4/c1-14(2)13-22-21(27)19(16-9-11-24(12-10-16)15(3)25)23-20(26)17-5-7-18(28-4)8-6-17/h5-8,14,16,19H,9-13H2,1-4H3,(H,22,27)(H,23,26). The third kappa shape index (κ3) is 5.97. The first-order chi connectivity index (χ1) is 13.3. The SMILES string of the molecule is COc1ccc(C(=O)NC(C(=O)NCC(C)C)C2CCN(C(C)=O)CC2)cc1. The van der Waals surface area contributed by atoms with Crippen LogP contribution in [0.15, 0.2) is 24.3 Å². The minimum Gasteiger partial charge on any atom is -0.497 e. The summed E-state index contributed by atoms with van der Waals surface area (Å²) in [5, 5.41) is 5.85. The van der Waals surface area contributed by atoms with Gasteiger partial charge in [-0.05, 0) is 48.9 Å². The van der Waals surface area contributed by atoms with Gasteiger partial charge in [-0.25, -0.2) is 0 Å². The van der Waals surface area contributed by atoms with Gasteiger partial charge in [0.05, 0.1) is 7.11 Å². The molecule has 1 fully saturated rings. The molecule has 2 rings (SSSR count). The van der Waals surface area contributed by atoms with Crippen LogP contribution in [0, 0.1) is 11.8 Å². The van der Waals surface area contributed by atoms with Gasteiger partial charge in [-0.1, -0.05) is 13.8 Å². The van der Waals surface area contributed by atoms with E-state index in [-0.39, 0.29) is 23.6 Å². The Labute approximate surface area is 166 Å². The molecule has 0 bridgehead atoms. The van der Waals surface area contributed by atoms with Crippen molar-refractivity contribution in [1.82, 2.24) is 15.5 Å². The van der Waals surface area contributed by atoms with Gasteiger partial charge in [0.25, 0.3) is 5.91 Å². The zero-order valence-electron chi connectivity index (χ0n) is 17.2. The maximum absolute atomic E-state index is 12.8. The van der Waals surface area contributed by atoms with Gasteiger partial charge in [-0.3, -0.25) is 14.4 Å². The maximum Gasteiger partial charge on any atom is 0.251 e. The number of carbonyl (C=O) groups is 3. The highest BCUT2D eigenvalue weighted by molar-refractivity contribution is 5.97. The van der Waals surface area contributed by atoms with Crippen LogP contribution in [-0.4, -0.2) is 55.4 Å². The summed E-state index contributed by atoms with van der Waals surface area (Å²) in [6.07, 6.45) is 1.37. The number of rotatable bonds is 7. The van der Waals surface area contributed by atoms with Crippen molar-refractivity contribution in [3.63, 3.8) is 0 Å². The summed E-state index contributed by atoms with van der Waals surface area (Å²) in [6, 6.07) is 6.16. The van der Waals surface area contributed by atoms with E-state index in [2.05, 4.69) is 10.6 Å². The van der Waals surface area contributed by atoms with Gasteiger partial charge in [0.1, 0.15) is 11.8 Å². The van der Waals surface area contributed by atoms with Crippen molar-refractivity contribution in [3.05, 3.63) is 29.8 Å². The first-order valence-electron chi connectivity index (χ1n) is 9.80. The highest BCUT2D eigenvalue weighted by atomic mass is 16.5. The Morgan fingerprint density at radius 3 is 2.25 bits per heavy atom. The summed E-state index contributed by atoms with van der Waals surface area (Å²) < 4.78 is 5.12. The Bertz CT molecular complexity index is 679. The number of methoxy groups -OCH3 is 1. The minimum atomic E-state index is -0.623. The van der Waals surface area contributed by atoms with E-state index >= 15 is 0 Å². The number of amides is 3. The number of nitrogens with one attached hydrogen (secondary N) is 2. The largest absolute Gasteiger partial charge is 0.497 e. The number of hydrogen-bond acceptors (Lipinski definition) is 4. The average Bonchev–Trinajstić information content (AvgIpc) is 2.70. The number of hydrogen-bond donors (Lipinski definition) is 2. The molecular formula is C21H31N3O4. The van der Waals surface area contributed by atoms with E-state index in [9.17, 15) is 14.4 Å². The molecule has 3 amide bonds. The van der Waals surface area contributed by atoms with Gasteiger partial charge in [0, 0.05) is 32.1 Å². The van der Waals surface area contributed by atoms with Crippen LogP contribution in [0.3, 0.4) is 0 Å². The molecule has 7 nitrogen and oxygen atoms in total. The molecule has 1 atom stereocenters. The van der Waals surface area contributed by atoms with E-state index in [1.54, 1.807) is 43.2 Å². The highest BCUT2D eigenvalue weighted by Gasteiger charge is 2.33. The van der Waals surface area contributed by atoms with Crippen LogP contribution in [0.1, 0.15) is 44.0 Å². The number of piperidine rings is 1. The second-order valence-corrected chi connectivity index (χ2v) is 7.66. The molecule has 2 N–H and O–H groups in total. The van der Waals surface area contributed by atoms with E-state index in [4.69, 9.17) is 4.74 Å². The van der Waals surface area contributed by atoms with Crippen molar-refractivity contribution in [2.45, 2.75) is 39.7 Å². The van der Waals surface area contributed by atoms with Crippen LogP contribution < -0.4 is 15.4 Å². The molecule has 154 valence electrons. The van der Waals surface area contributed by atoms with E-state index in [0.29, 0.717) is 49.7 Å². The lowest BCUT2D eigenvalue weighted by atomic mass is 9.88. The molecule has 1 aromatic rings. The molecule has 0 spiro atoms. The predicted octanol–water partition coefficient (Wildman–Crippen LogP) is 1.82. The number of likely N-dealkylation sites (tertiary alicyclic amines) is 1. The molecular weight excluding hydrogens is 358 g/mol. The van der Waals surface area contributed by atoms with Crippen molar-refractivity contribution >= 4 is 17.7 Å². The Kier molecular flexibility index (Phi) is 7.84. The summed E-state index contributed by atoms with van der Waals surface area (Å²) in [5.74, 6) is 0.561. The third-order valence-corrected chi connectivity index (χ3v) is 5.06. The molecule has 1 unspecified atom stereocenters. The van der Waals surface area contributed by atoms with Gasteiger partial charge >= 0.3 is 0 Å². The van der Waals surface area contributed by atoms with Gasteiger partial charge in [-0.2, -0.15) is 0 Å². The van der Waals surface area contributed by atoms with Crippen LogP contribution in [0.2, 0.25) is 0 Å². The van der Waals surface area contributed by atoms with Crippen molar-refractivity contribution < 1.29 is 19.1 Å². The molecule has 1 saturated heterocycles. The van der Waals surface area contributed by atoms with E-state index in [1.165, 1.54) is 0 Å². The summed E-state index contributed by atoms with van der Waals surface area (Å²) in [4.78, 5) is 38.9. The van der Waals surface area contributed by atoms with Crippen LogP contribution in [0.25, 0.3) is 0 Å². The van der Waals surface area contributed by atoms with Crippen LogP contribution >= 0.6 is 0 Å². The van der Waals surface area contributed by atoms with Gasteiger partial charge in [0.2, 0.25) is 11.8 Å². The van der Waals surface area contributed by atoms with Gasteiger partial charge < -0.3 is 20.3 Å². The molecule has 1 heterocycles. The van der Waals surface area contributed by atoms with Crippen LogP contribution in [0.5, 0.6) is 5.75 Å². The fraction of sp³-hybridized carbons (Fsp3) is 0.571. The number of ether oxygens (including phenoxy) is 1. The number of carbonyl (C=O) groups excluding carboxylic acids is 3. The molecule has 7 heteroatoms. The first-order valence-corrected chi connectivity index (χ1v) is 9.80. The van der Waals surface area contributed by atoms with E-state index in [1.807, 2.05) is 13.8 Å². The summed E-state index contributed by atoms with van der Waals surface area (Å²) in [6.45, 7) is 7.37. The van der Waals surface area contributed by atoms with Gasteiger partial charge in [0.15, 0.2) is 0 Å². The molecule has 28 heavy (non-hydrogen) atoms. The lowest BCUT2D eigenvalue weighted by molar-refractivity contribution is -0.130. The predicted molar refractivity (Wildman–Crippen MR) is 107 cm³/mol. The minimum absolute atomic E-state index is 0.00930. The molecule has 0 saturated carbocycles. The van der Waals surface area contributed by atoms with Crippen molar-refractivity contribution in [3.8, 4) is 5.75 Å². The molecule has 0 aromatic heterocycles. The van der Waals surface area contributed by atoms with E-state index < -0.39 is 6.04 Å². The summed E-state index contributed by atoms with van der Waals surface area (Å²) in [7, 11) is 1.57. The molecule has 0 radical (unpaired) electrons. The van der Waals surface area contributed by atoms with Crippen LogP contribution in [0.4, 0.5) is 0 Å². The summed E-state index contributed by atoms with van der Waals surface area (Å²) in [5.41, 5.74) is 0.476. The first kappa shape index (κ1) is 21.7. The van der Waals surface area contributed by atoms with Gasteiger partial charge in [-0.15, -0.1) is 0 Å². The van der Waals surface area contributed by atoms with Crippen LogP contribution in [-0.2, 0) is 9.59 Å². The normalized spacial score (nSPS) is 15.8. The fourth-order valence-electron chi connectivity index (χ4n) is 3.33. The molecule has 0 aliphatic carbocycles. The quantitative estimate of drug-likeness (QED) is 0.745. The van der Waals surface area contributed by atoms with Crippen molar-refractivity contribution in [2.24, 2.45) is 11.8 Å². The lowest BCUT2D eigenvalue weighted by Gasteiger charge is -2.35. The Balaban J connectivity index is 2.09.